The predicted molar refractivity (Wildman–Crippen MR) is 71.3 cm³/mol. The van der Waals surface area contributed by atoms with Gasteiger partial charge in [-0.05, 0) is 24.6 Å². The number of pyridine rings is 1. The normalized spacial score (nSPS) is 23.7. The molecule has 0 N–H and O–H groups in total. The number of likely N-dealkylation sites (tertiary alicyclic amines) is 1. The first-order chi connectivity index (χ1) is 11.0. The SMILES string of the molecule is FC(F)(F)c1cc(CN2CCC(C3(C(F)(F)F)N=N3)C2)cnc1Cl. The monoisotopic (exact) mass is 372 g/mol. The Bertz CT molecular complexity index is 665. The van der Waals surface area contributed by atoms with Crippen LogP contribution in [0.2, 0.25) is 5.15 Å². The lowest BCUT2D eigenvalue weighted by molar-refractivity contribution is -0.175. The molecule has 3 rings (SSSR count). The van der Waals surface area contributed by atoms with E-state index in [9.17, 15) is 26.3 Å². The van der Waals surface area contributed by atoms with Gasteiger partial charge in [-0.25, -0.2) is 4.98 Å². The summed E-state index contributed by atoms with van der Waals surface area (Å²) in [6.45, 7) is 0.422. The average Bonchev–Trinajstić information content (AvgIpc) is 3.15. The minimum absolute atomic E-state index is 0.0521. The zero-order valence-electron chi connectivity index (χ0n) is 12.0. The van der Waals surface area contributed by atoms with Crippen LogP contribution in [0, 0.1) is 5.92 Å². The summed E-state index contributed by atoms with van der Waals surface area (Å²) in [4.78, 5) is 5.14. The van der Waals surface area contributed by atoms with Gasteiger partial charge in [-0.2, -0.15) is 26.3 Å². The number of halogens is 7. The topological polar surface area (TPSA) is 40.9 Å². The fraction of sp³-hybridized carbons (Fsp3) is 0.615. The number of hydrogen-bond acceptors (Lipinski definition) is 4. The molecule has 3 heterocycles. The molecule has 0 bridgehead atoms. The van der Waals surface area contributed by atoms with Crippen LogP contribution in [0.5, 0.6) is 0 Å². The van der Waals surface area contributed by atoms with Crippen LogP contribution < -0.4 is 0 Å². The van der Waals surface area contributed by atoms with Crippen molar-refractivity contribution in [2.75, 3.05) is 13.1 Å². The minimum atomic E-state index is -4.64. The van der Waals surface area contributed by atoms with E-state index in [4.69, 9.17) is 11.6 Å². The van der Waals surface area contributed by atoms with Crippen molar-refractivity contribution in [3.05, 3.63) is 28.5 Å². The molecule has 2 aliphatic heterocycles. The smallest absolute Gasteiger partial charge is 0.299 e. The molecular weight excluding hydrogens is 362 g/mol. The van der Waals surface area contributed by atoms with Crippen LogP contribution >= 0.6 is 11.6 Å². The van der Waals surface area contributed by atoms with Crippen molar-refractivity contribution in [1.82, 2.24) is 9.88 Å². The Kier molecular flexibility index (Phi) is 4.03. The van der Waals surface area contributed by atoms with E-state index in [2.05, 4.69) is 15.2 Å². The zero-order valence-corrected chi connectivity index (χ0v) is 12.8. The molecule has 1 fully saturated rings. The fourth-order valence-electron chi connectivity index (χ4n) is 2.90. The first-order valence-electron chi connectivity index (χ1n) is 6.98. The second kappa shape index (κ2) is 5.55. The molecule has 0 radical (unpaired) electrons. The maximum Gasteiger partial charge on any atom is 0.438 e. The Labute approximate surface area is 137 Å². The molecule has 0 saturated carbocycles. The van der Waals surface area contributed by atoms with Crippen molar-refractivity contribution in [3.63, 3.8) is 0 Å². The van der Waals surface area contributed by atoms with Crippen LogP contribution in [0.3, 0.4) is 0 Å². The molecule has 1 aromatic heterocycles. The van der Waals surface area contributed by atoms with E-state index >= 15 is 0 Å². The summed E-state index contributed by atoms with van der Waals surface area (Å²) in [5.74, 6) is -0.820. The molecule has 1 aromatic rings. The van der Waals surface area contributed by atoms with E-state index in [1.54, 1.807) is 4.90 Å². The molecular formula is C13H11ClF6N4. The maximum absolute atomic E-state index is 13.0. The van der Waals surface area contributed by atoms with Crippen molar-refractivity contribution in [2.45, 2.75) is 31.0 Å². The Morgan fingerprint density at radius 1 is 1.21 bits per heavy atom. The van der Waals surface area contributed by atoms with Gasteiger partial charge in [0.05, 0.1) is 5.56 Å². The predicted octanol–water partition coefficient (Wildman–Crippen LogP) is 4.30. The van der Waals surface area contributed by atoms with Crippen LogP contribution in [0.1, 0.15) is 17.5 Å². The molecule has 1 saturated heterocycles. The summed E-state index contributed by atoms with van der Waals surface area (Å²) in [5.41, 5.74) is -3.16. The summed E-state index contributed by atoms with van der Waals surface area (Å²) < 4.78 is 77.4. The zero-order chi connectivity index (χ0) is 17.8. The van der Waals surface area contributed by atoms with Gasteiger partial charge in [-0.15, -0.1) is 10.2 Å². The maximum atomic E-state index is 13.0. The number of hydrogen-bond donors (Lipinski definition) is 0. The van der Waals surface area contributed by atoms with Crippen molar-refractivity contribution < 1.29 is 26.3 Å². The number of rotatable bonds is 3. The first kappa shape index (κ1) is 17.4. The average molecular weight is 373 g/mol. The van der Waals surface area contributed by atoms with Gasteiger partial charge < -0.3 is 0 Å². The molecule has 0 aliphatic carbocycles. The summed E-state index contributed by atoms with van der Waals surface area (Å²) in [7, 11) is 0. The van der Waals surface area contributed by atoms with E-state index in [0.717, 1.165) is 6.07 Å². The standard InChI is InChI=1S/C13H11ClF6N4/c14-10-9(12(15,16)17)3-7(4-21-10)5-24-2-1-8(6-24)11(22-23-11)13(18,19)20/h3-4,8H,1-2,5-6H2. The molecule has 4 nitrogen and oxygen atoms in total. The molecule has 11 heteroatoms. The van der Waals surface area contributed by atoms with Gasteiger partial charge in [0.15, 0.2) is 0 Å². The van der Waals surface area contributed by atoms with Gasteiger partial charge in [0.1, 0.15) is 5.15 Å². The Morgan fingerprint density at radius 3 is 2.42 bits per heavy atom. The second-order valence-corrected chi connectivity index (χ2v) is 6.18. The molecule has 132 valence electrons. The first-order valence-corrected chi connectivity index (χ1v) is 7.35. The third kappa shape index (κ3) is 3.08. The molecule has 0 aromatic carbocycles. The van der Waals surface area contributed by atoms with Crippen molar-refractivity contribution in [3.8, 4) is 0 Å². The third-order valence-electron chi connectivity index (χ3n) is 4.18. The highest BCUT2D eigenvalue weighted by molar-refractivity contribution is 6.30. The molecule has 1 unspecified atom stereocenters. The van der Waals surface area contributed by atoms with Gasteiger partial charge >= 0.3 is 12.4 Å². The lowest BCUT2D eigenvalue weighted by atomic mass is 9.95. The van der Waals surface area contributed by atoms with Crippen LogP contribution in [0.25, 0.3) is 0 Å². The van der Waals surface area contributed by atoms with E-state index < -0.39 is 34.6 Å². The van der Waals surface area contributed by atoms with Gasteiger partial charge in [-0.3, -0.25) is 4.90 Å². The highest BCUT2D eigenvalue weighted by Gasteiger charge is 2.68. The Morgan fingerprint density at radius 2 is 1.88 bits per heavy atom. The third-order valence-corrected chi connectivity index (χ3v) is 4.48. The van der Waals surface area contributed by atoms with Crippen LogP contribution in [-0.4, -0.2) is 34.8 Å². The molecule has 0 spiro atoms. The van der Waals surface area contributed by atoms with Crippen molar-refractivity contribution >= 4 is 11.6 Å². The van der Waals surface area contributed by atoms with E-state index in [1.807, 2.05) is 0 Å². The van der Waals surface area contributed by atoms with Crippen LogP contribution in [0.4, 0.5) is 26.3 Å². The van der Waals surface area contributed by atoms with Gasteiger partial charge in [0, 0.05) is 25.2 Å². The number of alkyl halides is 6. The van der Waals surface area contributed by atoms with Crippen LogP contribution in [0.15, 0.2) is 22.5 Å². The Balaban J connectivity index is 1.69. The molecule has 24 heavy (non-hydrogen) atoms. The summed E-state index contributed by atoms with van der Waals surface area (Å²) in [6, 6.07) is 0.869. The van der Waals surface area contributed by atoms with Crippen molar-refractivity contribution in [2.24, 2.45) is 16.1 Å². The molecule has 1 atom stereocenters. The largest absolute Gasteiger partial charge is 0.438 e. The molecule has 2 aliphatic rings. The van der Waals surface area contributed by atoms with Gasteiger partial charge in [0.2, 0.25) is 0 Å². The van der Waals surface area contributed by atoms with Gasteiger partial charge in [0.25, 0.3) is 5.66 Å². The molecule has 0 amide bonds. The van der Waals surface area contributed by atoms with Crippen molar-refractivity contribution in [1.29, 1.82) is 0 Å². The highest BCUT2D eigenvalue weighted by atomic mass is 35.5. The highest BCUT2D eigenvalue weighted by Crippen LogP contribution is 2.52. The number of nitrogens with zero attached hydrogens (tertiary/aromatic N) is 4. The number of aromatic nitrogens is 1. The van der Waals surface area contributed by atoms with E-state index in [1.165, 1.54) is 6.20 Å². The fourth-order valence-corrected chi connectivity index (χ4v) is 3.11. The van der Waals surface area contributed by atoms with Gasteiger partial charge in [-0.1, -0.05) is 11.6 Å². The van der Waals surface area contributed by atoms with E-state index in [0.29, 0.717) is 6.54 Å². The summed E-state index contributed by atoms with van der Waals surface area (Å²) in [5, 5.41) is 5.71. The quantitative estimate of drug-likeness (QED) is 0.586. The second-order valence-electron chi connectivity index (χ2n) is 5.82. The lowest BCUT2D eigenvalue weighted by Gasteiger charge is -2.21. The minimum Gasteiger partial charge on any atom is -0.299 e. The lowest BCUT2D eigenvalue weighted by Crippen LogP contribution is -2.41. The van der Waals surface area contributed by atoms with E-state index in [-0.39, 0.29) is 25.1 Å². The summed E-state index contributed by atoms with van der Waals surface area (Å²) >= 11 is 5.44. The summed E-state index contributed by atoms with van der Waals surface area (Å²) in [6.07, 6.45) is -7.77. The Hall–Kier alpha value is -1.42. The van der Waals surface area contributed by atoms with Crippen LogP contribution in [-0.2, 0) is 12.7 Å².